The Morgan fingerprint density at radius 1 is 1.14 bits per heavy atom. The Kier molecular flexibility index (Phi) is 5.07. The van der Waals surface area contributed by atoms with Gasteiger partial charge in [0.2, 0.25) is 10.0 Å². The molecular weight excluding hydrogens is 286 g/mol. The van der Waals surface area contributed by atoms with E-state index >= 15 is 0 Å². The molecule has 0 bridgehead atoms. The number of methoxy groups -OCH3 is 1. The molecule has 0 unspecified atom stereocenters. The highest BCUT2D eigenvalue weighted by molar-refractivity contribution is 7.89. The van der Waals surface area contributed by atoms with E-state index in [1.807, 2.05) is 32.9 Å². The minimum absolute atomic E-state index is 0.474. The first-order chi connectivity index (χ1) is 9.86. The van der Waals surface area contributed by atoms with Crippen molar-refractivity contribution < 1.29 is 13.2 Å². The van der Waals surface area contributed by atoms with Crippen molar-refractivity contribution in [2.75, 3.05) is 26.8 Å². The standard InChI is InChI=1S/C16H25NO3S/c1-12-9-13(2)16(14(3)10-12)21(18,19)17-7-5-15(6-8-17)11-20-4/h9-10,15H,5-8,11H2,1-4H3. The fraction of sp³-hybridized carbons (Fsp3) is 0.625. The number of piperidine rings is 1. The van der Waals surface area contributed by atoms with Crippen LogP contribution in [-0.2, 0) is 14.8 Å². The molecule has 0 N–H and O–H groups in total. The Hall–Kier alpha value is -0.910. The summed E-state index contributed by atoms with van der Waals surface area (Å²) in [6.45, 7) is 7.64. The number of benzene rings is 1. The van der Waals surface area contributed by atoms with E-state index in [2.05, 4.69) is 0 Å². The second kappa shape index (κ2) is 6.46. The monoisotopic (exact) mass is 311 g/mol. The molecule has 1 aliphatic heterocycles. The molecular formula is C16H25NO3S. The van der Waals surface area contributed by atoms with Crippen LogP contribution in [0, 0.1) is 26.7 Å². The van der Waals surface area contributed by atoms with E-state index in [1.165, 1.54) is 0 Å². The molecule has 21 heavy (non-hydrogen) atoms. The zero-order valence-corrected chi connectivity index (χ0v) is 14.2. The van der Waals surface area contributed by atoms with Crippen molar-refractivity contribution in [2.45, 2.75) is 38.5 Å². The zero-order chi connectivity index (χ0) is 15.6. The first kappa shape index (κ1) is 16.5. The number of aryl methyl sites for hydroxylation is 3. The maximum absolute atomic E-state index is 12.9. The SMILES string of the molecule is COCC1CCN(S(=O)(=O)c2c(C)cc(C)cc2C)CC1. The lowest BCUT2D eigenvalue weighted by Crippen LogP contribution is -2.39. The van der Waals surface area contributed by atoms with Crippen LogP contribution in [0.5, 0.6) is 0 Å². The third-order valence-electron chi connectivity index (χ3n) is 4.18. The number of hydrogen-bond donors (Lipinski definition) is 0. The van der Waals surface area contributed by atoms with Crippen molar-refractivity contribution in [3.63, 3.8) is 0 Å². The Labute approximate surface area is 128 Å². The maximum atomic E-state index is 12.9. The van der Waals surface area contributed by atoms with Gasteiger partial charge in [-0.05, 0) is 50.7 Å². The predicted octanol–water partition coefficient (Wildman–Crippen LogP) is 2.66. The molecule has 1 heterocycles. The number of rotatable bonds is 4. The quantitative estimate of drug-likeness (QED) is 0.859. The van der Waals surface area contributed by atoms with E-state index in [-0.39, 0.29) is 0 Å². The number of sulfonamides is 1. The molecule has 2 rings (SSSR count). The highest BCUT2D eigenvalue weighted by Gasteiger charge is 2.31. The van der Waals surface area contributed by atoms with Crippen LogP contribution in [-0.4, -0.2) is 39.5 Å². The highest BCUT2D eigenvalue weighted by Crippen LogP contribution is 2.28. The van der Waals surface area contributed by atoms with Crippen molar-refractivity contribution in [1.82, 2.24) is 4.31 Å². The highest BCUT2D eigenvalue weighted by atomic mass is 32.2. The second-order valence-electron chi connectivity index (χ2n) is 6.03. The van der Waals surface area contributed by atoms with E-state index < -0.39 is 10.0 Å². The molecule has 0 amide bonds. The van der Waals surface area contributed by atoms with Crippen molar-refractivity contribution in [3.8, 4) is 0 Å². The molecule has 0 spiro atoms. The van der Waals surface area contributed by atoms with Gasteiger partial charge in [-0.1, -0.05) is 17.7 Å². The van der Waals surface area contributed by atoms with E-state index in [4.69, 9.17) is 4.74 Å². The van der Waals surface area contributed by atoms with Gasteiger partial charge in [-0.2, -0.15) is 4.31 Å². The number of nitrogens with zero attached hydrogens (tertiary/aromatic N) is 1. The van der Waals surface area contributed by atoms with E-state index in [0.717, 1.165) is 36.1 Å². The second-order valence-corrected chi connectivity index (χ2v) is 7.91. The summed E-state index contributed by atoms with van der Waals surface area (Å²) in [5.41, 5.74) is 2.78. The van der Waals surface area contributed by atoms with Crippen molar-refractivity contribution in [3.05, 3.63) is 28.8 Å². The molecule has 1 saturated heterocycles. The molecule has 4 nitrogen and oxygen atoms in total. The molecule has 0 radical (unpaired) electrons. The average Bonchev–Trinajstić information content (AvgIpc) is 2.38. The van der Waals surface area contributed by atoms with E-state index in [1.54, 1.807) is 11.4 Å². The Bertz CT molecular complexity index is 579. The summed E-state index contributed by atoms with van der Waals surface area (Å²) in [5, 5.41) is 0. The molecule has 0 aromatic heterocycles. The molecule has 1 aromatic rings. The smallest absolute Gasteiger partial charge is 0.243 e. The first-order valence-corrected chi connectivity index (χ1v) is 8.87. The molecule has 0 aliphatic carbocycles. The molecule has 5 heteroatoms. The largest absolute Gasteiger partial charge is 0.384 e. The predicted molar refractivity (Wildman–Crippen MR) is 84.0 cm³/mol. The van der Waals surface area contributed by atoms with Crippen LogP contribution >= 0.6 is 0 Å². The number of ether oxygens (including phenoxy) is 1. The summed E-state index contributed by atoms with van der Waals surface area (Å²) in [5.74, 6) is 0.474. The van der Waals surface area contributed by atoms with E-state index in [9.17, 15) is 8.42 Å². The zero-order valence-electron chi connectivity index (χ0n) is 13.3. The van der Waals surface area contributed by atoms with Gasteiger partial charge in [0.05, 0.1) is 4.90 Å². The van der Waals surface area contributed by atoms with Crippen LogP contribution in [0.3, 0.4) is 0 Å². The summed E-state index contributed by atoms with van der Waals surface area (Å²) in [6, 6.07) is 3.88. The van der Waals surface area contributed by atoms with Gasteiger partial charge in [-0.15, -0.1) is 0 Å². The van der Waals surface area contributed by atoms with Crippen molar-refractivity contribution >= 4 is 10.0 Å². The molecule has 0 atom stereocenters. The van der Waals surface area contributed by atoms with Gasteiger partial charge in [-0.25, -0.2) is 8.42 Å². The maximum Gasteiger partial charge on any atom is 0.243 e. The van der Waals surface area contributed by atoms with Gasteiger partial charge in [-0.3, -0.25) is 0 Å². The summed E-state index contributed by atoms with van der Waals surface area (Å²) in [4.78, 5) is 0.485. The third-order valence-corrected chi connectivity index (χ3v) is 6.38. The summed E-state index contributed by atoms with van der Waals surface area (Å²) in [6.07, 6.45) is 1.74. The van der Waals surface area contributed by atoms with Crippen molar-refractivity contribution in [2.24, 2.45) is 5.92 Å². The minimum Gasteiger partial charge on any atom is -0.384 e. The van der Waals surface area contributed by atoms with Gasteiger partial charge < -0.3 is 4.74 Å². The van der Waals surface area contributed by atoms with Crippen LogP contribution < -0.4 is 0 Å². The molecule has 1 aliphatic rings. The van der Waals surface area contributed by atoms with Gasteiger partial charge >= 0.3 is 0 Å². The van der Waals surface area contributed by atoms with Crippen LogP contribution in [0.15, 0.2) is 17.0 Å². The molecule has 0 saturated carbocycles. The van der Waals surface area contributed by atoms with Crippen LogP contribution in [0.1, 0.15) is 29.5 Å². The summed E-state index contributed by atoms with van der Waals surface area (Å²) >= 11 is 0. The molecule has 1 aromatic carbocycles. The topological polar surface area (TPSA) is 46.6 Å². The lowest BCUT2D eigenvalue weighted by molar-refractivity contribution is 0.121. The van der Waals surface area contributed by atoms with E-state index in [0.29, 0.717) is 23.9 Å². The van der Waals surface area contributed by atoms with Gasteiger partial charge in [0, 0.05) is 26.8 Å². The Morgan fingerprint density at radius 2 is 1.67 bits per heavy atom. The number of hydrogen-bond acceptors (Lipinski definition) is 3. The van der Waals surface area contributed by atoms with Gasteiger partial charge in [0.25, 0.3) is 0 Å². The lowest BCUT2D eigenvalue weighted by atomic mass is 9.99. The Morgan fingerprint density at radius 3 is 2.14 bits per heavy atom. The fourth-order valence-electron chi connectivity index (χ4n) is 3.25. The average molecular weight is 311 g/mol. The van der Waals surface area contributed by atoms with Gasteiger partial charge in [0.15, 0.2) is 0 Å². The van der Waals surface area contributed by atoms with Gasteiger partial charge in [0.1, 0.15) is 0 Å². The minimum atomic E-state index is -3.39. The molecule has 118 valence electrons. The summed E-state index contributed by atoms with van der Waals surface area (Å²) < 4.78 is 32.6. The Balaban J connectivity index is 2.24. The lowest BCUT2D eigenvalue weighted by Gasteiger charge is -2.31. The van der Waals surface area contributed by atoms with Crippen LogP contribution in [0.2, 0.25) is 0 Å². The normalized spacial score (nSPS) is 18.1. The summed E-state index contributed by atoms with van der Waals surface area (Å²) in [7, 11) is -1.69. The first-order valence-electron chi connectivity index (χ1n) is 7.43. The van der Waals surface area contributed by atoms with Crippen molar-refractivity contribution in [1.29, 1.82) is 0 Å². The molecule has 1 fully saturated rings. The van der Waals surface area contributed by atoms with Crippen LogP contribution in [0.4, 0.5) is 0 Å². The van der Waals surface area contributed by atoms with Crippen LogP contribution in [0.25, 0.3) is 0 Å². The fourth-order valence-corrected chi connectivity index (χ4v) is 5.14. The third kappa shape index (κ3) is 3.47.